The summed E-state index contributed by atoms with van der Waals surface area (Å²) in [6.07, 6.45) is 6.70. The molecule has 1 saturated carbocycles. The second-order valence-electron chi connectivity index (χ2n) is 4.94. The lowest BCUT2D eigenvalue weighted by Gasteiger charge is -2.22. The average Bonchev–Trinajstić information content (AvgIpc) is 2.82. The predicted octanol–water partition coefficient (Wildman–Crippen LogP) is 1.63. The molecule has 0 aromatic heterocycles. The molecule has 0 aromatic carbocycles. The van der Waals surface area contributed by atoms with Gasteiger partial charge in [-0.15, -0.1) is 0 Å². The summed E-state index contributed by atoms with van der Waals surface area (Å²) in [4.78, 5) is 10.6. The summed E-state index contributed by atoms with van der Waals surface area (Å²) in [5.41, 5.74) is 8.35. The van der Waals surface area contributed by atoms with Crippen LogP contribution in [0, 0.1) is 17.3 Å². The van der Waals surface area contributed by atoms with Crippen LogP contribution in [-0.4, -0.2) is 11.7 Å². The van der Waals surface area contributed by atoms with E-state index in [1.165, 1.54) is 6.42 Å². The molecule has 4 heteroatoms. The van der Waals surface area contributed by atoms with E-state index in [1.54, 1.807) is 0 Å². The third-order valence-corrected chi connectivity index (χ3v) is 3.19. The van der Waals surface area contributed by atoms with E-state index >= 15 is 0 Å². The van der Waals surface area contributed by atoms with Gasteiger partial charge in [-0.25, -0.2) is 10.2 Å². The molecule has 0 unspecified atom stereocenters. The second-order valence-corrected chi connectivity index (χ2v) is 4.94. The molecule has 0 spiro atoms. The van der Waals surface area contributed by atoms with Crippen molar-refractivity contribution in [3.05, 3.63) is 12.2 Å². The van der Waals surface area contributed by atoms with E-state index in [-0.39, 0.29) is 5.41 Å². The molecule has 2 atom stereocenters. The van der Waals surface area contributed by atoms with Gasteiger partial charge in [0.05, 0.1) is 5.71 Å². The monoisotopic (exact) mass is 207 g/mol. The fraction of sp³-hybridized carbons (Fsp3) is 0.636. The highest BCUT2D eigenvalue weighted by atomic mass is 16.2. The molecular formula is C11H17N3O. The number of carbonyl (C=O) groups excluding carboxylic acids is 1. The number of fused-ring (bicyclic) bond motifs is 1. The van der Waals surface area contributed by atoms with Crippen LogP contribution in [0.15, 0.2) is 17.3 Å². The van der Waals surface area contributed by atoms with Crippen LogP contribution in [0.3, 0.4) is 0 Å². The molecular weight excluding hydrogens is 190 g/mol. The highest BCUT2D eigenvalue weighted by Crippen LogP contribution is 2.49. The molecule has 0 radical (unpaired) electrons. The van der Waals surface area contributed by atoms with Crippen molar-refractivity contribution in [1.29, 1.82) is 0 Å². The summed E-state index contributed by atoms with van der Waals surface area (Å²) >= 11 is 0. The molecule has 4 nitrogen and oxygen atoms in total. The zero-order chi connectivity index (χ0) is 11.1. The topological polar surface area (TPSA) is 67.5 Å². The van der Waals surface area contributed by atoms with Crippen LogP contribution in [0.25, 0.3) is 0 Å². The zero-order valence-corrected chi connectivity index (χ0v) is 9.16. The van der Waals surface area contributed by atoms with Gasteiger partial charge in [0.2, 0.25) is 0 Å². The second kappa shape index (κ2) is 3.36. The van der Waals surface area contributed by atoms with Crippen LogP contribution in [0.5, 0.6) is 0 Å². The highest BCUT2D eigenvalue weighted by molar-refractivity contribution is 5.96. The van der Waals surface area contributed by atoms with Crippen molar-refractivity contribution in [2.75, 3.05) is 0 Å². The van der Waals surface area contributed by atoms with Gasteiger partial charge < -0.3 is 5.73 Å². The van der Waals surface area contributed by atoms with Crippen molar-refractivity contribution >= 4 is 11.7 Å². The van der Waals surface area contributed by atoms with Crippen LogP contribution >= 0.6 is 0 Å². The van der Waals surface area contributed by atoms with Crippen molar-refractivity contribution in [1.82, 2.24) is 5.43 Å². The maximum atomic E-state index is 10.6. The van der Waals surface area contributed by atoms with Crippen LogP contribution in [-0.2, 0) is 0 Å². The summed E-state index contributed by atoms with van der Waals surface area (Å²) < 4.78 is 0. The molecule has 1 fully saturated rings. The number of rotatable bonds is 1. The number of amides is 2. The van der Waals surface area contributed by atoms with Crippen LogP contribution in [0.2, 0.25) is 0 Å². The molecule has 15 heavy (non-hydrogen) atoms. The summed E-state index contributed by atoms with van der Waals surface area (Å²) in [6, 6.07) is -0.594. The molecule has 2 aliphatic carbocycles. The Bertz CT molecular complexity index is 344. The fourth-order valence-corrected chi connectivity index (χ4v) is 2.29. The highest BCUT2D eigenvalue weighted by Gasteiger charge is 2.46. The Morgan fingerprint density at radius 2 is 2.40 bits per heavy atom. The number of hydrogen-bond acceptors (Lipinski definition) is 2. The van der Waals surface area contributed by atoms with Gasteiger partial charge in [0, 0.05) is 11.3 Å². The first kappa shape index (κ1) is 10.2. The lowest BCUT2D eigenvalue weighted by atomic mass is 9.85. The van der Waals surface area contributed by atoms with Crippen LogP contribution in [0.1, 0.15) is 26.7 Å². The summed E-state index contributed by atoms with van der Waals surface area (Å²) in [6.45, 7) is 4.23. The van der Waals surface area contributed by atoms with E-state index in [9.17, 15) is 4.79 Å². The maximum Gasteiger partial charge on any atom is 0.332 e. The first-order valence-corrected chi connectivity index (χ1v) is 5.32. The zero-order valence-electron chi connectivity index (χ0n) is 9.16. The third-order valence-electron chi connectivity index (χ3n) is 3.19. The van der Waals surface area contributed by atoms with Crippen molar-refractivity contribution in [2.45, 2.75) is 26.7 Å². The molecule has 3 N–H and O–H groups in total. The SMILES string of the molecule is CC1(C)C=CC[C@H]2C[C@@H]2/C1=N/NC(N)=O. The molecule has 0 aliphatic heterocycles. The van der Waals surface area contributed by atoms with Gasteiger partial charge >= 0.3 is 6.03 Å². The maximum absolute atomic E-state index is 10.6. The molecule has 0 saturated heterocycles. The Morgan fingerprint density at radius 3 is 3.07 bits per heavy atom. The Kier molecular flexibility index (Phi) is 2.29. The molecule has 2 rings (SSSR count). The van der Waals surface area contributed by atoms with Crippen molar-refractivity contribution in [3.8, 4) is 0 Å². The van der Waals surface area contributed by atoms with Crippen molar-refractivity contribution < 1.29 is 4.79 Å². The standard InChI is InChI=1S/C11H17N3O/c1-11(2)5-3-4-7-6-8(7)9(11)13-14-10(12)15/h3,5,7-8H,4,6H2,1-2H3,(H3,12,14,15)/b13-9-/t7-,8-/m0/s1. The Labute approximate surface area is 89.6 Å². The lowest BCUT2D eigenvalue weighted by molar-refractivity contribution is 0.249. The number of nitrogens with one attached hydrogen (secondary N) is 1. The molecule has 2 amide bonds. The number of carbonyl (C=O) groups is 1. The Hall–Kier alpha value is -1.32. The number of nitrogens with zero attached hydrogens (tertiary/aromatic N) is 1. The van der Waals surface area contributed by atoms with Gasteiger partial charge in [-0.2, -0.15) is 5.10 Å². The average molecular weight is 207 g/mol. The number of primary amides is 1. The minimum Gasteiger partial charge on any atom is -0.350 e. The quantitative estimate of drug-likeness (QED) is 0.498. The minimum atomic E-state index is -0.594. The summed E-state index contributed by atoms with van der Waals surface area (Å²) in [7, 11) is 0. The lowest BCUT2D eigenvalue weighted by Crippen LogP contribution is -2.31. The molecule has 0 bridgehead atoms. The first-order valence-electron chi connectivity index (χ1n) is 5.32. The number of hydrogen-bond donors (Lipinski definition) is 2. The van der Waals surface area contributed by atoms with Gasteiger partial charge in [0.25, 0.3) is 0 Å². The summed E-state index contributed by atoms with van der Waals surface area (Å²) in [5.74, 6) is 1.25. The Morgan fingerprint density at radius 1 is 1.67 bits per heavy atom. The number of urea groups is 1. The van der Waals surface area contributed by atoms with Gasteiger partial charge in [-0.3, -0.25) is 0 Å². The predicted molar refractivity (Wildman–Crippen MR) is 59.3 cm³/mol. The van der Waals surface area contributed by atoms with E-state index in [0.29, 0.717) is 5.92 Å². The minimum absolute atomic E-state index is 0.0711. The van der Waals surface area contributed by atoms with Gasteiger partial charge in [0.15, 0.2) is 0 Å². The van der Waals surface area contributed by atoms with Gasteiger partial charge in [0.1, 0.15) is 0 Å². The first-order chi connectivity index (χ1) is 7.00. The van der Waals surface area contributed by atoms with Gasteiger partial charge in [-0.05, 0) is 18.8 Å². The van der Waals surface area contributed by atoms with Gasteiger partial charge in [-0.1, -0.05) is 26.0 Å². The van der Waals surface area contributed by atoms with E-state index in [0.717, 1.165) is 18.1 Å². The van der Waals surface area contributed by atoms with Crippen molar-refractivity contribution in [3.63, 3.8) is 0 Å². The normalized spacial score (nSPS) is 34.4. The summed E-state index contributed by atoms with van der Waals surface area (Å²) in [5, 5.41) is 4.16. The number of nitrogens with two attached hydrogens (primary N) is 1. The smallest absolute Gasteiger partial charge is 0.332 e. The van der Waals surface area contributed by atoms with E-state index < -0.39 is 6.03 Å². The molecule has 0 aromatic rings. The molecule has 82 valence electrons. The van der Waals surface area contributed by atoms with Crippen LogP contribution in [0.4, 0.5) is 4.79 Å². The largest absolute Gasteiger partial charge is 0.350 e. The fourth-order valence-electron chi connectivity index (χ4n) is 2.29. The Balaban J connectivity index is 2.22. The van der Waals surface area contributed by atoms with E-state index in [2.05, 4.69) is 36.5 Å². The third kappa shape index (κ3) is 2.03. The van der Waals surface area contributed by atoms with Crippen LogP contribution < -0.4 is 11.2 Å². The number of allylic oxidation sites excluding steroid dienone is 2. The molecule has 0 heterocycles. The van der Waals surface area contributed by atoms with Crippen molar-refractivity contribution in [2.24, 2.45) is 28.1 Å². The van der Waals surface area contributed by atoms with E-state index in [1.807, 2.05) is 0 Å². The molecule has 2 aliphatic rings. The number of hydrazone groups is 1. The van der Waals surface area contributed by atoms with E-state index in [4.69, 9.17) is 5.73 Å².